The number of aromatic nitrogens is 4. The van der Waals surface area contributed by atoms with E-state index in [0.717, 1.165) is 78.0 Å². The van der Waals surface area contributed by atoms with Crippen LogP contribution in [0.1, 0.15) is 128 Å². The number of fused-ring (bicyclic) bond motifs is 3. The Hall–Kier alpha value is -7.53. The number of hydrogen-bond acceptors (Lipinski definition) is 11. The number of likely N-dealkylation sites (tertiary alicyclic amines) is 3. The van der Waals surface area contributed by atoms with Crippen molar-refractivity contribution in [1.29, 1.82) is 0 Å². The van der Waals surface area contributed by atoms with Crippen molar-refractivity contribution in [3.8, 4) is 11.3 Å². The molecule has 5 amide bonds. The first-order valence-electron chi connectivity index (χ1n) is 27.7. The Balaban J connectivity index is 0.730. The number of carbonyl (C=O) groups excluding carboxylic acids is 5. The molecule has 16 nitrogen and oxygen atoms in total. The largest absolute Gasteiger partial charge is 0.357 e. The molecule has 2 N–H and O–H groups in total. The molecule has 1 atom stereocenters. The van der Waals surface area contributed by atoms with Gasteiger partial charge in [-0.15, -0.1) is 0 Å². The van der Waals surface area contributed by atoms with Crippen molar-refractivity contribution in [1.82, 2.24) is 39.5 Å². The maximum absolute atomic E-state index is 15.3. The second-order valence-corrected chi connectivity index (χ2v) is 22.4. The predicted molar refractivity (Wildman–Crippen MR) is 293 cm³/mol. The molecular weight excluding hydrogens is 974 g/mol. The van der Waals surface area contributed by atoms with Crippen molar-refractivity contribution in [2.24, 2.45) is 0 Å². The highest BCUT2D eigenvalue weighted by atomic mass is 19.1. The van der Waals surface area contributed by atoms with Gasteiger partial charge in [-0.05, 0) is 150 Å². The van der Waals surface area contributed by atoms with E-state index in [9.17, 15) is 19.2 Å². The van der Waals surface area contributed by atoms with E-state index in [4.69, 9.17) is 9.97 Å². The van der Waals surface area contributed by atoms with Crippen molar-refractivity contribution in [2.75, 3.05) is 61.4 Å². The van der Waals surface area contributed by atoms with Crippen LogP contribution in [0.4, 0.5) is 27.4 Å². The number of anilines is 4. The summed E-state index contributed by atoms with van der Waals surface area (Å²) in [7, 11) is 2.00. The number of carbonyl (C=O) groups is 5. The van der Waals surface area contributed by atoms with Gasteiger partial charge in [0.2, 0.25) is 17.7 Å². The molecule has 77 heavy (non-hydrogen) atoms. The van der Waals surface area contributed by atoms with Crippen LogP contribution in [0.2, 0.25) is 0 Å². The number of piperidine rings is 4. The average molecular weight is 1040 g/mol. The number of imide groups is 1. The van der Waals surface area contributed by atoms with Crippen LogP contribution >= 0.6 is 0 Å². The van der Waals surface area contributed by atoms with Gasteiger partial charge in [0, 0.05) is 92.4 Å². The molecule has 3 aromatic carbocycles. The van der Waals surface area contributed by atoms with E-state index in [1.807, 2.05) is 45.7 Å². The molecule has 0 bridgehead atoms. The van der Waals surface area contributed by atoms with Gasteiger partial charge in [0.1, 0.15) is 17.2 Å². The summed E-state index contributed by atoms with van der Waals surface area (Å²) in [5.74, 6) is -0.106. The third kappa shape index (κ3) is 9.29. The zero-order valence-electron chi connectivity index (χ0n) is 44.1. The molecule has 0 radical (unpaired) electrons. The monoisotopic (exact) mass is 1040 g/mol. The van der Waals surface area contributed by atoms with Crippen LogP contribution in [0.5, 0.6) is 0 Å². The first-order chi connectivity index (χ1) is 37.3. The summed E-state index contributed by atoms with van der Waals surface area (Å²) in [5, 5.41) is 5.69. The molecule has 1 aliphatic carbocycles. The zero-order valence-corrected chi connectivity index (χ0v) is 44.1. The summed E-state index contributed by atoms with van der Waals surface area (Å²) in [6.07, 6.45) is 12.3. The SMILES string of the molecule is CC(C)n1cnc2cc(-c3ccc4c(c3)N(C3CC(N5CCCCC5)C3)C(=O)C43CCN(C(=O)c4ccc(C(=O)N5CCC(N(C)c6ccc(C7CCC(=O)NC7=O)cn6)CC5)cc4)CC3)nc(Nc3ccccc3F)c21. The fraction of sp³-hybridized carbons (Fsp3) is 0.433. The lowest BCUT2D eigenvalue weighted by atomic mass is 9.73. The number of halogens is 1. The molecule has 5 aliphatic heterocycles. The van der Waals surface area contributed by atoms with E-state index in [1.54, 1.807) is 55.0 Å². The van der Waals surface area contributed by atoms with Gasteiger partial charge in [-0.1, -0.05) is 36.8 Å². The van der Waals surface area contributed by atoms with Crippen LogP contribution in [0.15, 0.2) is 97.5 Å². The van der Waals surface area contributed by atoms with E-state index in [1.165, 1.54) is 25.3 Å². The molecule has 1 spiro atoms. The number of para-hydroxylation sites is 1. The fourth-order valence-electron chi connectivity index (χ4n) is 13.0. The van der Waals surface area contributed by atoms with Gasteiger partial charge in [0.15, 0.2) is 5.82 Å². The number of nitrogens with one attached hydrogen (secondary N) is 2. The summed E-state index contributed by atoms with van der Waals surface area (Å²) >= 11 is 0. The Morgan fingerprint density at radius 1 is 0.792 bits per heavy atom. The maximum Gasteiger partial charge on any atom is 0.253 e. The molecule has 1 unspecified atom stereocenters. The van der Waals surface area contributed by atoms with Crippen LogP contribution in [-0.4, -0.2) is 128 Å². The molecule has 5 fully saturated rings. The Morgan fingerprint density at radius 2 is 1.49 bits per heavy atom. The molecular formula is C60H66FN11O5. The van der Waals surface area contributed by atoms with E-state index in [-0.39, 0.29) is 59.4 Å². The predicted octanol–water partition coefficient (Wildman–Crippen LogP) is 8.76. The molecule has 6 aliphatic rings. The quantitative estimate of drug-likeness (QED) is 0.119. The van der Waals surface area contributed by atoms with Crippen LogP contribution in [0, 0.1) is 5.82 Å². The smallest absolute Gasteiger partial charge is 0.253 e. The molecule has 3 aromatic heterocycles. The van der Waals surface area contributed by atoms with Crippen molar-refractivity contribution in [2.45, 2.75) is 120 Å². The van der Waals surface area contributed by atoms with Crippen molar-refractivity contribution >= 4 is 63.6 Å². The van der Waals surface area contributed by atoms with E-state index < -0.39 is 5.41 Å². The summed E-state index contributed by atoms with van der Waals surface area (Å²) < 4.78 is 17.1. The Bertz CT molecular complexity index is 3260. The van der Waals surface area contributed by atoms with Gasteiger partial charge in [0.05, 0.1) is 34.6 Å². The number of benzene rings is 3. The third-order valence-corrected chi connectivity index (χ3v) is 17.6. The van der Waals surface area contributed by atoms with Gasteiger partial charge in [-0.3, -0.25) is 29.3 Å². The van der Waals surface area contributed by atoms with Crippen molar-refractivity contribution < 1.29 is 28.4 Å². The minimum atomic E-state index is -0.788. The molecule has 6 aromatic rings. The van der Waals surface area contributed by atoms with Gasteiger partial charge >= 0.3 is 0 Å². The second kappa shape index (κ2) is 20.4. The maximum atomic E-state index is 15.3. The highest BCUT2D eigenvalue weighted by Gasteiger charge is 2.56. The Labute approximate surface area is 448 Å². The van der Waals surface area contributed by atoms with Gasteiger partial charge < -0.3 is 34.4 Å². The molecule has 8 heterocycles. The number of amides is 5. The van der Waals surface area contributed by atoms with Crippen LogP contribution in [0.25, 0.3) is 22.3 Å². The summed E-state index contributed by atoms with van der Waals surface area (Å²) in [4.78, 5) is 92.4. The fourth-order valence-corrected chi connectivity index (χ4v) is 13.0. The molecule has 1 saturated carbocycles. The Morgan fingerprint density at radius 3 is 2.16 bits per heavy atom. The summed E-state index contributed by atoms with van der Waals surface area (Å²) in [6.45, 7) is 8.33. The summed E-state index contributed by atoms with van der Waals surface area (Å²) in [5.41, 5.74) is 6.24. The summed E-state index contributed by atoms with van der Waals surface area (Å²) in [6, 6.07) is 26.4. The topological polar surface area (TPSA) is 169 Å². The van der Waals surface area contributed by atoms with Crippen LogP contribution in [-0.2, 0) is 19.8 Å². The normalized spacial score (nSPS) is 21.9. The average Bonchev–Trinajstić information content (AvgIpc) is 4.20. The second-order valence-electron chi connectivity index (χ2n) is 22.4. The number of imidazole rings is 1. The molecule has 12 rings (SSSR count). The molecule has 17 heteroatoms. The number of hydrogen-bond donors (Lipinski definition) is 2. The van der Waals surface area contributed by atoms with Crippen molar-refractivity contribution in [3.05, 3.63) is 126 Å². The number of rotatable bonds is 11. The highest BCUT2D eigenvalue weighted by molar-refractivity contribution is 6.10. The lowest BCUT2D eigenvalue weighted by molar-refractivity contribution is -0.134. The first kappa shape index (κ1) is 50.3. The van der Waals surface area contributed by atoms with E-state index in [0.29, 0.717) is 86.2 Å². The standard InChI is InChI=1S/C60H66FN11O5/c1-37(2)71-36-63-50-34-49(65-55(54(50)71)64-48-10-6-5-9-47(48)61)40-15-18-46-51(31-40)72(44-32-43(33-44)68-25-7-4-8-26-68)59(77)60(46)23-29-70(30-24-60)58(76)39-13-11-38(12-14-39)57(75)69-27-21-42(22-28-69)67(3)52-19-16-41(35-62-52)45-17-20-53(73)66-56(45)74/h5-6,9-16,18-19,31,34-37,42-45H,4,7-8,17,20-30,32-33H2,1-3H3,(H,64,65)(H,66,73,74). The minimum absolute atomic E-state index is 0.0576. The zero-order chi connectivity index (χ0) is 53.1. The van der Waals surface area contributed by atoms with Gasteiger partial charge in [-0.2, -0.15) is 0 Å². The lowest BCUT2D eigenvalue weighted by Crippen LogP contribution is -2.58. The van der Waals surface area contributed by atoms with Crippen LogP contribution < -0.4 is 20.4 Å². The van der Waals surface area contributed by atoms with Crippen molar-refractivity contribution in [3.63, 3.8) is 0 Å². The number of pyridine rings is 2. The minimum Gasteiger partial charge on any atom is -0.357 e. The highest BCUT2D eigenvalue weighted by Crippen LogP contribution is 2.52. The molecule has 398 valence electrons. The van der Waals surface area contributed by atoms with E-state index >= 15 is 9.18 Å². The molecule has 4 saturated heterocycles. The third-order valence-electron chi connectivity index (χ3n) is 17.6. The number of nitrogens with zero attached hydrogens (tertiary/aromatic N) is 9. The Kier molecular flexibility index (Phi) is 13.4. The first-order valence-corrected chi connectivity index (χ1v) is 27.7. The lowest BCUT2D eigenvalue weighted by Gasteiger charge is -2.48. The van der Waals surface area contributed by atoms with Gasteiger partial charge in [0.25, 0.3) is 11.8 Å². The van der Waals surface area contributed by atoms with E-state index in [2.05, 4.69) is 56.3 Å². The van der Waals surface area contributed by atoms with Gasteiger partial charge in [-0.25, -0.2) is 19.3 Å². The van der Waals surface area contributed by atoms with Crippen LogP contribution in [0.3, 0.4) is 0 Å².